The van der Waals surface area contributed by atoms with Crippen LogP contribution in [-0.4, -0.2) is 65.0 Å². The molecule has 1 fully saturated rings. The first-order valence-corrected chi connectivity index (χ1v) is 12.0. The SMILES string of the molecule is C[C@H]1CN(CCCC[C@H](CC(=O)c2ccc(NCC3=CN=C4N=C(N)NC(=O)C34)cc2)C(=O)O)C1=O. The minimum absolute atomic E-state index is 0.0285. The summed E-state index contributed by atoms with van der Waals surface area (Å²) >= 11 is 0. The van der Waals surface area contributed by atoms with Gasteiger partial charge in [-0.3, -0.25) is 24.5 Å². The van der Waals surface area contributed by atoms with Crippen LogP contribution in [-0.2, 0) is 14.4 Å². The molecular formula is C25H30N6O5. The molecular weight excluding hydrogens is 464 g/mol. The summed E-state index contributed by atoms with van der Waals surface area (Å²) in [6.07, 6.45) is 3.28. The number of carboxylic acids is 1. The van der Waals surface area contributed by atoms with E-state index in [0.29, 0.717) is 37.3 Å². The normalized spacial score (nSPS) is 21.5. The number of carbonyl (C=O) groups is 4. The number of hydrogen-bond acceptors (Lipinski definition) is 8. The van der Waals surface area contributed by atoms with E-state index in [2.05, 4.69) is 20.6 Å². The quantitative estimate of drug-likeness (QED) is 0.193. The number of aliphatic imine (C=N–C) groups is 2. The van der Waals surface area contributed by atoms with E-state index >= 15 is 0 Å². The molecule has 1 aromatic carbocycles. The summed E-state index contributed by atoms with van der Waals surface area (Å²) in [5.74, 6) is -2.20. The van der Waals surface area contributed by atoms with Crippen molar-refractivity contribution in [2.75, 3.05) is 25.0 Å². The summed E-state index contributed by atoms with van der Waals surface area (Å²) in [6, 6.07) is 6.79. The van der Waals surface area contributed by atoms with Gasteiger partial charge >= 0.3 is 5.97 Å². The molecule has 190 valence electrons. The molecule has 1 aromatic rings. The van der Waals surface area contributed by atoms with Gasteiger partial charge in [-0.2, -0.15) is 4.99 Å². The van der Waals surface area contributed by atoms with Gasteiger partial charge in [-0.05, 0) is 42.7 Å². The number of Topliss-reactive ketones (excluding diaryl/α,β-unsaturated/α-hetero) is 1. The second kappa shape index (κ2) is 10.7. The molecule has 36 heavy (non-hydrogen) atoms. The van der Waals surface area contributed by atoms with Crippen LogP contribution in [0.2, 0.25) is 0 Å². The van der Waals surface area contributed by atoms with Crippen molar-refractivity contribution in [2.24, 2.45) is 33.5 Å². The molecule has 0 bridgehead atoms. The van der Waals surface area contributed by atoms with E-state index in [1.54, 1.807) is 35.4 Å². The van der Waals surface area contributed by atoms with Crippen LogP contribution >= 0.6 is 0 Å². The first-order chi connectivity index (χ1) is 17.2. The number of β-lactam (4-membered cyclic amide) rings is 1. The maximum atomic E-state index is 12.7. The minimum atomic E-state index is -0.987. The number of nitrogens with zero attached hydrogens (tertiary/aromatic N) is 3. The molecule has 3 atom stereocenters. The summed E-state index contributed by atoms with van der Waals surface area (Å²) in [6.45, 7) is 3.65. The Morgan fingerprint density at radius 1 is 1.25 bits per heavy atom. The molecule has 2 amide bonds. The highest BCUT2D eigenvalue weighted by Crippen LogP contribution is 2.25. The first-order valence-electron chi connectivity index (χ1n) is 12.0. The summed E-state index contributed by atoms with van der Waals surface area (Å²) in [7, 11) is 0. The number of fused-ring (bicyclic) bond motifs is 1. The number of anilines is 1. The highest BCUT2D eigenvalue weighted by Gasteiger charge is 2.35. The van der Waals surface area contributed by atoms with E-state index in [9.17, 15) is 24.3 Å². The molecule has 11 nitrogen and oxygen atoms in total. The average molecular weight is 495 g/mol. The van der Waals surface area contributed by atoms with Gasteiger partial charge in [0, 0.05) is 43.5 Å². The number of hydrogen-bond donors (Lipinski definition) is 4. The van der Waals surface area contributed by atoms with Gasteiger partial charge < -0.3 is 21.1 Å². The van der Waals surface area contributed by atoms with Crippen molar-refractivity contribution in [3.63, 3.8) is 0 Å². The molecule has 0 radical (unpaired) electrons. The predicted octanol–water partition coefficient (Wildman–Crippen LogP) is 1.38. The fourth-order valence-corrected chi connectivity index (χ4v) is 4.57. The zero-order valence-corrected chi connectivity index (χ0v) is 20.1. The van der Waals surface area contributed by atoms with E-state index in [1.165, 1.54) is 0 Å². The van der Waals surface area contributed by atoms with Crippen LogP contribution in [0.1, 0.15) is 43.0 Å². The van der Waals surface area contributed by atoms with Crippen molar-refractivity contribution >= 4 is 41.0 Å². The maximum absolute atomic E-state index is 12.7. The van der Waals surface area contributed by atoms with E-state index < -0.39 is 17.8 Å². The van der Waals surface area contributed by atoms with E-state index in [1.807, 2.05) is 6.92 Å². The number of likely N-dealkylation sites (tertiary alicyclic amines) is 1. The van der Waals surface area contributed by atoms with Gasteiger partial charge in [0.05, 0.1) is 11.8 Å². The smallest absolute Gasteiger partial charge is 0.306 e. The lowest BCUT2D eigenvalue weighted by molar-refractivity contribution is -0.147. The fraction of sp³-hybridized carbons (Fsp3) is 0.440. The number of benzene rings is 1. The highest BCUT2D eigenvalue weighted by atomic mass is 16.4. The average Bonchev–Trinajstić information content (AvgIpc) is 3.26. The van der Waals surface area contributed by atoms with Gasteiger partial charge in [-0.1, -0.05) is 13.3 Å². The Kier molecular flexibility index (Phi) is 7.47. The van der Waals surface area contributed by atoms with Crippen molar-refractivity contribution in [1.82, 2.24) is 10.2 Å². The van der Waals surface area contributed by atoms with Crippen LogP contribution in [0.4, 0.5) is 5.69 Å². The Hall–Kier alpha value is -4.02. The zero-order valence-electron chi connectivity index (χ0n) is 20.1. The largest absolute Gasteiger partial charge is 0.481 e. The fourth-order valence-electron chi connectivity index (χ4n) is 4.57. The number of nitrogens with two attached hydrogens (primary N) is 1. The number of unbranched alkanes of at least 4 members (excludes halogenated alkanes) is 1. The third-order valence-corrected chi connectivity index (χ3v) is 6.68. The monoisotopic (exact) mass is 494 g/mol. The number of amidine groups is 1. The van der Waals surface area contributed by atoms with Crippen LogP contribution in [0.5, 0.6) is 0 Å². The number of ketones is 1. The highest BCUT2D eigenvalue weighted by molar-refractivity contribution is 6.19. The minimum Gasteiger partial charge on any atom is -0.481 e. The van der Waals surface area contributed by atoms with Crippen molar-refractivity contribution in [3.05, 3.63) is 41.6 Å². The molecule has 0 aromatic heterocycles. The van der Waals surface area contributed by atoms with Crippen molar-refractivity contribution in [3.8, 4) is 0 Å². The maximum Gasteiger partial charge on any atom is 0.306 e. The second-order valence-electron chi connectivity index (χ2n) is 9.39. The predicted molar refractivity (Wildman–Crippen MR) is 133 cm³/mol. The number of guanidine groups is 1. The van der Waals surface area contributed by atoms with Crippen LogP contribution in [0, 0.1) is 17.8 Å². The molecule has 4 rings (SSSR count). The first kappa shape index (κ1) is 25.1. The van der Waals surface area contributed by atoms with Gasteiger partial charge in [-0.25, -0.2) is 4.99 Å². The molecule has 0 aliphatic carbocycles. The van der Waals surface area contributed by atoms with E-state index in [0.717, 1.165) is 24.2 Å². The molecule has 1 unspecified atom stereocenters. The van der Waals surface area contributed by atoms with Crippen molar-refractivity contribution in [1.29, 1.82) is 0 Å². The van der Waals surface area contributed by atoms with Crippen molar-refractivity contribution in [2.45, 2.75) is 32.6 Å². The lowest BCUT2D eigenvalue weighted by Gasteiger charge is -2.36. The lowest BCUT2D eigenvalue weighted by atomic mass is 9.93. The van der Waals surface area contributed by atoms with E-state index in [-0.39, 0.29) is 35.9 Å². The summed E-state index contributed by atoms with van der Waals surface area (Å²) < 4.78 is 0. The topological polar surface area (TPSA) is 167 Å². The number of rotatable bonds is 12. The van der Waals surface area contributed by atoms with Gasteiger partial charge in [0.1, 0.15) is 11.8 Å². The van der Waals surface area contributed by atoms with Crippen LogP contribution in [0.15, 0.2) is 46.0 Å². The van der Waals surface area contributed by atoms with Crippen LogP contribution < -0.4 is 16.4 Å². The second-order valence-corrected chi connectivity index (χ2v) is 9.39. The molecule has 0 saturated carbocycles. The molecule has 3 aliphatic rings. The van der Waals surface area contributed by atoms with E-state index in [4.69, 9.17) is 5.73 Å². The van der Waals surface area contributed by atoms with Gasteiger partial charge in [-0.15, -0.1) is 0 Å². The molecule has 5 N–H and O–H groups in total. The third-order valence-electron chi connectivity index (χ3n) is 6.68. The Labute approximate surface area is 208 Å². The van der Waals surface area contributed by atoms with Crippen LogP contribution in [0.25, 0.3) is 0 Å². The third kappa shape index (κ3) is 5.61. The molecule has 3 aliphatic heterocycles. The number of carboxylic acid groups (broad SMARTS) is 1. The Morgan fingerprint density at radius 2 is 2.00 bits per heavy atom. The number of nitrogens with one attached hydrogen (secondary N) is 2. The Bertz CT molecular complexity index is 1160. The summed E-state index contributed by atoms with van der Waals surface area (Å²) in [5, 5.41) is 15.3. The van der Waals surface area contributed by atoms with Gasteiger partial charge in [0.25, 0.3) is 0 Å². The number of aliphatic carboxylic acids is 1. The zero-order chi connectivity index (χ0) is 25.8. The van der Waals surface area contributed by atoms with Gasteiger partial charge in [0.2, 0.25) is 17.8 Å². The molecule has 0 spiro atoms. The molecule has 3 heterocycles. The van der Waals surface area contributed by atoms with Crippen molar-refractivity contribution < 1.29 is 24.3 Å². The molecule has 11 heteroatoms. The standard InChI is InChI=1S/C25H30N6O5/c1-14-13-31(23(14)34)9-3-2-4-16(24(35)36)10-19(32)15-5-7-18(8-6-15)27-11-17-12-28-21-20(17)22(33)30-25(26)29-21/h5-8,12,14,16,20,27H,2-4,9-11,13H2,1H3,(H,35,36)(H3,26,28,29,30,33)/t14-,16+,20?/m0/s1. The Balaban J connectivity index is 1.23. The number of amides is 2. The lowest BCUT2D eigenvalue weighted by Crippen LogP contribution is -2.51. The van der Waals surface area contributed by atoms with Crippen LogP contribution in [0.3, 0.4) is 0 Å². The summed E-state index contributed by atoms with van der Waals surface area (Å²) in [5.41, 5.74) is 7.49. The Morgan fingerprint density at radius 3 is 2.67 bits per heavy atom. The van der Waals surface area contributed by atoms with Gasteiger partial charge in [0.15, 0.2) is 5.78 Å². The number of carbonyl (C=O) groups excluding carboxylic acids is 3. The molecule has 1 saturated heterocycles. The summed E-state index contributed by atoms with van der Waals surface area (Å²) in [4.78, 5) is 58.2.